The summed E-state index contributed by atoms with van der Waals surface area (Å²) in [5, 5.41) is 0. The molecule has 0 aliphatic rings. The highest BCUT2D eigenvalue weighted by molar-refractivity contribution is 5.91. The number of ether oxygens (including phenoxy) is 1. The Kier molecular flexibility index (Phi) is 4.94. The van der Waals surface area contributed by atoms with Crippen molar-refractivity contribution in [3.63, 3.8) is 0 Å². The summed E-state index contributed by atoms with van der Waals surface area (Å²) in [6.07, 6.45) is 0. The molecule has 0 atom stereocenters. The molecule has 0 bridgehead atoms. The van der Waals surface area contributed by atoms with Crippen LogP contribution in [0, 0.1) is 6.92 Å². The molecule has 0 fully saturated rings. The number of hydrogen-bond donors (Lipinski definition) is 0. The molecule has 2 nitrogen and oxygen atoms in total. The molecular weight excluding hydrogens is 320 g/mol. The van der Waals surface area contributed by atoms with Gasteiger partial charge in [-0.1, -0.05) is 74.9 Å². The van der Waals surface area contributed by atoms with Gasteiger partial charge in [0.05, 0.1) is 5.56 Å². The lowest BCUT2D eigenvalue weighted by Gasteiger charge is -2.19. The zero-order valence-electron chi connectivity index (χ0n) is 15.7. The van der Waals surface area contributed by atoms with Crippen LogP contribution in [0.2, 0.25) is 0 Å². The van der Waals surface area contributed by atoms with Crippen molar-refractivity contribution in [1.82, 2.24) is 0 Å². The van der Waals surface area contributed by atoms with E-state index in [0.29, 0.717) is 11.3 Å². The highest BCUT2D eigenvalue weighted by atomic mass is 16.5. The predicted molar refractivity (Wildman–Crippen MR) is 107 cm³/mol. The van der Waals surface area contributed by atoms with E-state index < -0.39 is 0 Å². The minimum absolute atomic E-state index is 0.0777. The maximum Gasteiger partial charge on any atom is 0.343 e. The number of carbonyl (C=O) groups excluding carboxylic acids is 1. The third-order valence-electron chi connectivity index (χ3n) is 4.44. The molecule has 0 amide bonds. The second-order valence-electron chi connectivity index (χ2n) is 7.61. The molecule has 0 spiro atoms. The van der Waals surface area contributed by atoms with Crippen LogP contribution in [-0.2, 0) is 5.41 Å². The molecule has 3 aromatic rings. The van der Waals surface area contributed by atoms with E-state index in [4.69, 9.17) is 4.74 Å². The van der Waals surface area contributed by atoms with Gasteiger partial charge in [0.25, 0.3) is 0 Å². The number of hydrogen-bond acceptors (Lipinski definition) is 2. The van der Waals surface area contributed by atoms with Crippen molar-refractivity contribution in [2.45, 2.75) is 33.1 Å². The zero-order valence-corrected chi connectivity index (χ0v) is 15.7. The number of aryl methyl sites for hydroxylation is 1. The van der Waals surface area contributed by atoms with E-state index in [2.05, 4.69) is 52.0 Å². The summed E-state index contributed by atoms with van der Waals surface area (Å²) >= 11 is 0. The molecule has 26 heavy (non-hydrogen) atoms. The number of esters is 1. The highest BCUT2D eigenvalue weighted by Gasteiger charge is 2.14. The van der Waals surface area contributed by atoms with E-state index in [9.17, 15) is 4.79 Å². The van der Waals surface area contributed by atoms with Gasteiger partial charge < -0.3 is 4.74 Å². The second kappa shape index (κ2) is 7.17. The van der Waals surface area contributed by atoms with Crippen molar-refractivity contribution < 1.29 is 9.53 Å². The van der Waals surface area contributed by atoms with Gasteiger partial charge >= 0.3 is 5.97 Å². The summed E-state index contributed by atoms with van der Waals surface area (Å²) in [7, 11) is 0. The van der Waals surface area contributed by atoms with Gasteiger partial charge in [-0.25, -0.2) is 4.79 Å². The van der Waals surface area contributed by atoms with Gasteiger partial charge in [-0.3, -0.25) is 0 Å². The van der Waals surface area contributed by atoms with E-state index in [0.717, 1.165) is 11.1 Å². The minimum atomic E-state index is -0.344. The number of carbonyl (C=O) groups is 1. The Morgan fingerprint density at radius 3 is 1.73 bits per heavy atom. The summed E-state index contributed by atoms with van der Waals surface area (Å²) in [6.45, 7) is 8.54. The molecule has 0 radical (unpaired) electrons. The van der Waals surface area contributed by atoms with Crippen molar-refractivity contribution in [3.05, 3.63) is 89.5 Å². The Labute approximate surface area is 155 Å². The molecule has 132 valence electrons. The molecular formula is C24H24O2. The van der Waals surface area contributed by atoms with Crippen LogP contribution in [0.4, 0.5) is 0 Å². The van der Waals surface area contributed by atoms with Crippen LogP contribution in [0.5, 0.6) is 5.75 Å². The second-order valence-corrected chi connectivity index (χ2v) is 7.61. The molecule has 0 saturated carbocycles. The summed E-state index contributed by atoms with van der Waals surface area (Å²) in [4.78, 5) is 12.4. The van der Waals surface area contributed by atoms with Crippen LogP contribution in [0.15, 0.2) is 72.8 Å². The van der Waals surface area contributed by atoms with Crippen molar-refractivity contribution in [2.24, 2.45) is 0 Å². The predicted octanol–water partition coefficient (Wildman–Crippen LogP) is 6.18. The maximum atomic E-state index is 12.4. The Morgan fingerprint density at radius 2 is 1.23 bits per heavy atom. The zero-order chi connectivity index (χ0) is 18.7. The topological polar surface area (TPSA) is 26.3 Å². The summed E-state index contributed by atoms with van der Waals surface area (Å²) in [6, 6.07) is 23.5. The Morgan fingerprint density at radius 1 is 0.731 bits per heavy atom. The van der Waals surface area contributed by atoms with Crippen LogP contribution in [0.3, 0.4) is 0 Å². The lowest BCUT2D eigenvalue weighted by Crippen LogP contribution is -2.11. The number of rotatable bonds is 3. The molecule has 0 saturated heterocycles. The van der Waals surface area contributed by atoms with Crippen LogP contribution in [0.1, 0.15) is 42.3 Å². The standard InChI is InChI=1S/C24H24O2/c1-17-5-7-18(8-6-17)19-9-11-20(12-10-19)23(25)26-22-15-13-21(14-16-22)24(2,3)4/h5-16H,1-4H3. The summed E-state index contributed by atoms with van der Waals surface area (Å²) in [5.74, 6) is 0.217. The van der Waals surface area contributed by atoms with E-state index in [-0.39, 0.29) is 11.4 Å². The average molecular weight is 344 g/mol. The average Bonchev–Trinajstić information content (AvgIpc) is 2.62. The van der Waals surface area contributed by atoms with Crippen LogP contribution < -0.4 is 4.74 Å². The molecule has 2 heteroatoms. The lowest BCUT2D eigenvalue weighted by atomic mass is 9.87. The van der Waals surface area contributed by atoms with Gasteiger partial charge in [0.1, 0.15) is 5.75 Å². The molecule has 0 N–H and O–H groups in total. The summed E-state index contributed by atoms with van der Waals surface area (Å²) < 4.78 is 5.49. The summed E-state index contributed by atoms with van der Waals surface area (Å²) in [5.41, 5.74) is 5.27. The molecule has 0 aromatic heterocycles. The smallest absolute Gasteiger partial charge is 0.343 e. The van der Waals surface area contributed by atoms with Crippen molar-refractivity contribution >= 4 is 5.97 Å². The van der Waals surface area contributed by atoms with Crippen LogP contribution in [-0.4, -0.2) is 5.97 Å². The SMILES string of the molecule is Cc1ccc(-c2ccc(C(=O)Oc3ccc(C(C)(C)C)cc3)cc2)cc1. The van der Waals surface area contributed by atoms with E-state index in [1.165, 1.54) is 11.1 Å². The first kappa shape index (κ1) is 17.9. The maximum absolute atomic E-state index is 12.4. The quantitative estimate of drug-likeness (QED) is 0.419. The van der Waals surface area contributed by atoms with Crippen molar-refractivity contribution in [1.29, 1.82) is 0 Å². The van der Waals surface area contributed by atoms with Crippen molar-refractivity contribution in [2.75, 3.05) is 0 Å². The van der Waals surface area contributed by atoms with Gasteiger partial charge in [-0.2, -0.15) is 0 Å². The number of benzene rings is 3. The first-order valence-electron chi connectivity index (χ1n) is 8.83. The Balaban J connectivity index is 1.71. The molecule has 0 unspecified atom stereocenters. The fourth-order valence-electron chi connectivity index (χ4n) is 2.73. The minimum Gasteiger partial charge on any atom is -0.423 e. The fraction of sp³-hybridized carbons (Fsp3) is 0.208. The highest BCUT2D eigenvalue weighted by Crippen LogP contribution is 2.25. The van der Waals surface area contributed by atoms with Gasteiger partial charge in [-0.15, -0.1) is 0 Å². The third kappa shape index (κ3) is 4.20. The monoisotopic (exact) mass is 344 g/mol. The molecule has 0 aliphatic carbocycles. The van der Waals surface area contributed by atoms with Gasteiger partial charge in [0.15, 0.2) is 0 Å². The molecule has 0 aliphatic heterocycles. The molecule has 3 aromatic carbocycles. The van der Waals surface area contributed by atoms with Crippen molar-refractivity contribution in [3.8, 4) is 16.9 Å². The molecule has 0 heterocycles. The molecule has 3 rings (SSSR count). The Hall–Kier alpha value is -2.87. The lowest BCUT2D eigenvalue weighted by molar-refractivity contribution is 0.0735. The largest absolute Gasteiger partial charge is 0.423 e. The van der Waals surface area contributed by atoms with Crippen LogP contribution in [0.25, 0.3) is 11.1 Å². The first-order chi connectivity index (χ1) is 12.3. The Bertz CT molecular complexity index is 881. The normalized spacial score (nSPS) is 11.2. The van der Waals surface area contributed by atoms with Gasteiger partial charge in [0, 0.05) is 0 Å². The van der Waals surface area contributed by atoms with E-state index >= 15 is 0 Å². The first-order valence-corrected chi connectivity index (χ1v) is 8.83. The van der Waals surface area contributed by atoms with Gasteiger partial charge in [0.2, 0.25) is 0 Å². The van der Waals surface area contributed by atoms with E-state index in [1.807, 2.05) is 36.4 Å². The van der Waals surface area contributed by atoms with Crippen LogP contribution >= 0.6 is 0 Å². The third-order valence-corrected chi connectivity index (χ3v) is 4.44. The fourth-order valence-corrected chi connectivity index (χ4v) is 2.73. The van der Waals surface area contributed by atoms with E-state index in [1.54, 1.807) is 12.1 Å². The van der Waals surface area contributed by atoms with Gasteiger partial charge in [-0.05, 0) is 53.3 Å².